The van der Waals surface area contributed by atoms with E-state index < -0.39 is 27.2 Å². The molecule has 0 bridgehead atoms. The second-order valence-electron chi connectivity index (χ2n) is 3.50. The van der Waals surface area contributed by atoms with Gasteiger partial charge in [0.15, 0.2) is 0 Å². The maximum Gasteiger partial charge on any atom is 0.338 e. The summed E-state index contributed by atoms with van der Waals surface area (Å²) in [4.78, 5) is 10.6. The van der Waals surface area contributed by atoms with Crippen molar-refractivity contribution in [3.63, 3.8) is 0 Å². The zero-order valence-electron chi connectivity index (χ0n) is 8.60. The van der Waals surface area contributed by atoms with Crippen molar-refractivity contribution >= 4 is 15.8 Å². The van der Waals surface area contributed by atoms with Crippen LogP contribution < -0.4 is 0 Å². The van der Waals surface area contributed by atoms with Gasteiger partial charge in [0.2, 0.25) is 0 Å². The minimum absolute atomic E-state index is 0.0856. The maximum absolute atomic E-state index is 13.0. The van der Waals surface area contributed by atoms with Gasteiger partial charge in [0, 0.05) is 6.26 Å². The van der Waals surface area contributed by atoms with E-state index in [1.165, 1.54) is 6.07 Å². The van der Waals surface area contributed by atoms with Crippen molar-refractivity contribution in [2.75, 3.05) is 12.0 Å². The molecule has 0 fully saturated rings. The number of carboxylic acids is 1. The number of halogens is 1. The van der Waals surface area contributed by atoms with Gasteiger partial charge in [-0.1, -0.05) is 6.07 Å². The van der Waals surface area contributed by atoms with Crippen LogP contribution >= 0.6 is 0 Å². The second kappa shape index (κ2) is 4.61. The number of carbonyl (C=O) groups is 1. The van der Waals surface area contributed by atoms with E-state index in [0.29, 0.717) is 5.56 Å². The van der Waals surface area contributed by atoms with Gasteiger partial charge in [-0.15, -0.1) is 0 Å². The first kappa shape index (κ1) is 12.6. The lowest BCUT2D eigenvalue weighted by atomic mass is 10.1. The summed E-state index contributed by atoms with van der Waals surface area (Å²) < 4.78 is 34.8. The summed E-state index contributed by atoms with van der Waals surface area (Å²) in [5, 5.41) is 8.66. The van der Waals surface area contributed by atoms with Crippen molar-refractivity contribution in [1.82, 2.24) is 0 Å². The number of hydrogen-bond donors (Lipinski definition) is 1. The molecule has 0 unspecified atom stereocenters. The molecular formula is C10H11FO4S. The zero-order chi connectivity index (χ0) is 12.3. The fourth-order valence-electron chi connectivity index (χ4n) is 1.20. The first-order chi connectivity index (χ1) is 7.29. The predicted molar refractivity (Wildman–Crippen MR) is 56.8 cm³/mol. The van der Waals surface area contributed by atoms with E-state index in [0.717, 1.165) is 18.4 Å². The molecule has 1 aromatic rings. The topological polar surface area (TPSA) is 71.4 Å². The van der Waals surface area contributed by atoms with Crippen molar-refractivity contribution in [3.05, 3.63) is 35.1 Å². The molecule has 0 aliphatic carbocycles. The maximum atomic E-state index is 13.0. The Morgan fingerprint density at radius 3 is 2.56 bits per heavy atom. The lowest BCUT2D eigenvalue weighted by Gasteiger charge is -2.03. The van der Waals surface area contributed by atoms with Gasteiger partial charge in [0.1, 0.15) is 15.7 Å². The Hall–Kier alpha value is -1.43. The molecule has 0 saturated heterocycles. The van der Waals surface area contributed by atoms with Crippen molar-refractivity contribution < 1.29 is 22.7 Å². The molecule has 0 aromatic heterocycles. The molecule has 0 spiro atoms. The van der Waals surface area contributed by atoms with E-state index in [4.69, 9.17) is 5.11 Å². The number of rotatable bonds is 4. The molecule has 1 N–H and O–H groups in total. The Balaban J connectivity index is 2.91. The van der Waals surface area contributed by atoms with E-state index in [9.17, 15) is 17.6 Å². The van der Waals surface area contributed by atoms with Gasteiger partial charge in [-0.05, 0) is 24.1 Å². The van der Waals surface area contributed by atoms with Crippen LogP contribution in [0.25, 0.3) is 0 Å². The Labute approximate surface area is 92.6 Å². The fraction of sp³-hybridized carbons (Fsp3) is 0.300. The van der Waals surface area contributed by atoms with Crippen LogP contribution in [0.5, 0.6) is 0 Å². The van der Waals surface area contributed by atoms with E-state index in [-0.39, 0.29) is 12.2 Å². The molecule has 4 nitrogen and oxygen atoms in total. The molecule has 88 valence electrons. The van der Waals surface area contributed by atoms with Crippen LogP contribution in [0.1, 0.15) is 15.9 Å². The normalized spacial score (nSPS) is 11.4. The van der Waals surface area contributed by atoms with Crippen molar-refractivity contribution in [3.8, 4) is 0 Å². The van der Waals surface area contributed by atoms with E-state index in [1.54, 1.807) is 0 Å². The molecule has 0 saturated carbocycles. The number of sulfone groups is 1. The molecule has 0 aliphatic rings. The van der Waals surface area contributed by atoms with Crippen molar-refractivity contribution in [1.29, 1.82) is 0 Å². The number of benzene rings is 1. The quantitative estimate of drug-likeness (QED) is 0.863. The highest BCUT2D eigenvalue weighted by atomic mass is 32.2. The van der Waals surface area contributed by atoms with Crippen molar-refractivity contribution in [2.45, 2.75) is 6.42 Å². The van der Waals surface area contributed by atoms with Crippen LogP contribution in [-0.2, 0) is 16.3 Å². The summed E-state index contributed by atoms with van der Waals surface area (Å²) in [6.45, 7) is 0. The average molecular weight is 246 g/mol. The molecule has 0 radical (unpaired) electrons. The number of aromatic carboxylic acids is 1. The summed E-state index contributed by atoms with van der Waals surface area (Å²) in [6, 6.07) is 3.57. The Kier molecular flexibility index (Phi) is 3.64. The summed E-state index contributed by atoms with van der Waals surface area (Å²) in [7, 11) is -3.11. The van der Waals surface area contributed by atoms with Gasteiger partial charge in [-0.2, -0.15) is 0 Å². The molecule has 6 heteroatoms. The molecule has 0 atom stereocenters. The van der Waals surface area contributed by atoms with E-state index >= 15 is 0 Å². The van der Waals surface area contributed by atoms with Crippen LogP contribution in [0, 0.1) is 5.82 Å². The minimum Gasteiger partial charge on any atom is -0.478 e. The minimum atomic E-state index is -3.11. The van der Waals surface area contributed by atoms with E-state index in [1.807, 2.05) is 0 Å². The first-order valence-corrected chi connectivity index (χ1v) is 6.55. The van der Waals surface area contributed by atoms with Crippen LogP contribution in [0.15, 0.2) is 18.2 Å². The van der Waals surface area contributed by atoms with Gasteiger partial charge in [0.25, 0.3) is 0 Å². The average Bonchev–Trinajstić information content (AvgIpc) is 2.14. The number of hydrogen-bond acceptors (Lipinski definition) is 3. The smallest absolute Gasteiger partial charge is 0.338 e. The Bertz CT molecular complexity index is 508. The van der Waals surface area contributed by atoms with Gasteiger partial charge in [-0.25, -0.2) is 17.6 Å². The largest absolute Gasteiger partial charge is 0.478 e. The summed E-state index contributed by atoms with van der Waals surface area (Å²) in [6.07, 6.45) is 1.27. The molecular weight excluding hydrogens is 235 g/mol. The number of carboxylic acid groups (broad SMARTS) is 1. The van der Waals surface area contributed by atoms with Crippen LogP contribution in [0.3, 0.4) is 0 Å². The molecule has 0 aliphatic heterocycles. The van der Waals surface area contributed by atoms with Crippen LogP contribution in [0.4, 0.5) is 4.39 Å². The summed E-state index contributed by atoms with van der Waals surface area (Å²) in [5.41, 5.74) is 0.0511. The van der Waals surface area contributed by atoms with E-state index in [2.05, 4.69) is 0 Å². The Morgan fingerprint density at radius 1 is 1.44 bits per heavy atom. The second-order valence-corrected chi connectivity index (χ2v) is 5.76. The lowest BCUT2D eigenvalue weighted by Crippen LogP contribution is -2.07. The number of aryl methyl sites for hydroxylation is 1. The molecule has 0 heterocycles. The zero-order valence-corrected chi connectivity index (χ0v) is 9.42. The summed E-state index contributed by atoms with van der Waals surface area (Å²) >= 11 is 0. The third-order valence-electron chi connectivity index (χ3n) is 2.02. The highest BCUT2D eigenvalue weighted by molar-refractivity contribution is 7.90. The van der Waals surface area contributed by atoms with Crippen LogP contribution in [-0.4, -0.2) is 31.5 Å². The highest BCUT2D eigenvalue weighted by Gasteiger charge is 2.11. The lowest BCUT2D eigenvalue weighted by molar-refractivity contribution is 0.0691. The molecule has 16 heavy (non-hydrogen) atoms. The van der Waals surface area contributed by atoms with Crippen LogP contribution in [0.2, 0.25) is 0 Å². The third kappa shape index (κ3) is 3.62. The Morgan fingerprint density at radius 2 is 2.06 bits per heavy atom. The van der Waals surface area contributed by atoms with Gasteiger partial charge in [-0.3, -0.25) is 0 Å². The monoisotopic (exact) mass is 246 g/mol. The molecule has 1 rings (SSSR count). The fourth-order valence-corrected chi connectivity index (χ4v) is 1.80. The van der Waals surface area contributed by atoms with Gasteiger partial charge >= 0.3 is 5.97 Å². The highest BCUT2D eigenvalue weighted by Crippen LogP contribution is 2.11. The predicted octanol–water partition coefficient (Wildman–Crippen LogP) is 1.11. The summed E-state index contributed by atoms with van der Waals surface area (Å²) in [5.74, 6) is -2.27. The molecule has 1 aromatic carbocycles. The SMILES string of the molecule is CS(=O)(=O)CCc1ccc(F)c(C(=O)O)c1. The van der Waals surface area contributed by atoms with Crippen molar-refractivity contribution in [2.24, 2.45) is 0 Å². The third-order valence-corrected chi connectivity index (χ3v) is 2.97. The molecule has 0 amide bonds. The van der Waals surface area contributed by atoms with Gasteiger partial charge < -0.3 is 5.11 Å². The standard InChI is InChI=1S/C10H11FO4S/c1-16(14,15)5-4-7-2-3-9(11)8(6-7)10(12)13/h2-3,6H,4-5H2,1H3,(H,12,13). The van der Waals surface area contributed by atoms with Gasteiger partial charge in [0.05, 0.1) is 11.3 Å². The first-order valence-electron chi connectivity index (χ1n) is 4.49.